The SMILES string of the molecule is O=S(=O)(c1ccc(Nc2nc3[nH]ccc3c(NC3CCC3)[nH+]2)cc1)N1CCC(O)CC1. The second-order valence-electron chi connectivity index (χ2n) is 8.26. The average molecular weight is 444 g/mol. The zero-order valence-electron chi connectivity index (χ0n) is 17.1. The molecule has 10 heteroatoms. The molecular formula is C21H27N6O3S+. The van der Waals surface area contributed by atoms with Gasteiger partial charge in [0.1, 0.15) is 0 Å². The van der Waals surface area contributed by atoms with Crippen molar-refractivity contribution in [3.63, 3.8) is 0 Å². The van der Waals surface area contributed by atoms with Crippen molar-refractivity contribution in [3.05, 3.63) is 36.5 Å². The van der Waals surface area contributed by atoms with E-state index < -0.39 is 16.1 Å². The van der Waals surface area contributed by atoms with Gasteiger partial charge in [-0.2, -0.15) is 4.31 Å². The molecule has 31 heavy (non-hydrogen) atoms. The molecule has 1 saturated carbocycles. The number of aliphatic hydroxyl groups excluding tert-OH is 1. The van der Waals surface area contributed by atoms with E-state index >= 15 is 0 Å². The molecule has 0 amide bonds. The van der Waals surface area contributed by atoms with Crippen molar-refractivity contribution >= 4 is 38.5 Å². The molecule has 0 unspecified atom stereocenters. The van der Waals surface area contributed by atoms with Crippen LogP contribution in [0.1, 0.15) is 32.1 Å². The lowest BCUT2D eigenvalue weighted by molar-refractivity contribution is -0.346. The molecule has 3 aromatic rings. The smallest absolute Gasteiger partial charge is 0.351 e. The molecule has 5 rings (SSSR count). The fourth-order valence-electron chi connectivity index (χ4n) is 3.99. The van der Waals surface area contributed by atoms with Crippen LogP contribution in [-0.4, -0.2) is 53.0 Å². The van der Waals surface area contributed by atoms with Crippen molar-refractivity contribution < 1.29 is 18.5 Å². The number of hydrogen-bond donors (Lipinski definition) is 4. The van der Waals surface area contributed by atoms with E-state index in [2.05, 4.69) is 25.6 Å². The zero-order chi connectivity index (χ0) is 21.4. The van der Waals surface area contributed by atoms with Gasteiger partial charge in [-0.3, -0.25) is 5.32 Å². The van der Waals surface area contributed by atoms with Crippen LogP contribution in [0.4, 0.5) is 17.5 Å². The number of hydrogen-bond acceptors (Lipinski definition) is 6. The Labute approximate surface area is 181 Å². The van der Waals surface area contributed by atoms with Crippen LogP contribution in [0.25, 0.3) is 11.0 Å². The first kappa shape index (κ1) is 20.2. The Kier molecular flexibility index (Phi) is 5.28. The van der Waals surface area contributed by atoms with Gasteiger partial charge < -0.3 is 15.4 Å². The minimum absolute atomic E-state index is 0.249. The summed E-state index contributed by atoms with van der Waals surface area (Å²) < 4.78 is 27.1. The van der Waals surface area contributed by atoms with Crippen LogP contribution in [0.15, 0.2) is 41.4 Å². The van der Waals surface area contributed by atoms with Crippen LogP contribution in [0.3, 0.4) is 0 Å². The molecular weight excluding hydrogens is 416 g/mol. The molecule has 1 saturated heterocycles. The number of nitrogens with one attached hydrogen (secondary N) is 4. The molecule has 164 valence electrons. The molecule has 2 fully saturated rings. The first-order chi connectivity index (χ1) is 15.0. The molecule has 3 heterocycles. The third-order valence-corrected chi connectivity index (χ3v) is 8.01. The summed E-state index contributed by atoms with van der Waals surface area (Å²) in [4.78, 5) is 11.3. The summed E-state index contributed by atoms with van der Waals surface area (Å²) in [5.74, 6) is 1.49. The van der Waals surface area contributed by atoms with Gasteiger partial charge in [-0.05, 0) is 62.4 Å². The van der Waals surface area contributed by atoms with Crippen molar-refractivity contribution in [2.24, 2.45) is 0 Å². The molecule has 0 atom stereocenters. The van der Waals surface area contributed by atoms with Gasteiger partial charge in [-0.15, -0.1) is 0 Å². The number of piperidine rings is 1. The molecule has 9 nitrogen and oxygen atoms in total. The number of aromatic amines is 2. The van der Waals surface area contributed by atoms with E-state index in [9.17, 15) is 13.5 Å². The summed E-state index contributed by atoms with van der Waals surface area (Å²) in [6.07, 6.45) is 5.96. The minimum atomic E-state index is -3.56. The highest BCUT2D eigenvalue weighted by Gasteiger charge is 2.29. The number of sulfonamides is 1. The quantitative estimate of drug-likeness (QED) is 0.463. The van der Waals surface area contributed by atoms with Crippen LogP contribution in [0.2, 0.25) is 0 Å². The summed E-state index contributed by atoms with van der Waals surface area (Å²) in [6, 6.07) is 9.14. The lowest BCUT2D eigenvalue weighted by atomic mass is 9.93. The Morgan fingerprint density at radius 3 is 2.52 bits per heavy atom. The van der Waals surface area contributed by atoms with E-state index in [1.54, 1.807) is 24.3 Å². The van der Waals surface area contributed by atoms with Gasteiger partial charge in [0.15, 0.2) is 0 Å². The average Bonchev–Trinajstić information content (AvgIpc) is 3.20. The van der Waals surface area contributed by atoms with Crippen molar-refractivity contribution in [1.82, 2.24) is 14.3 Å². The van der Waals surface area contributed by atoms with Gasteiger partial charge in [0.2, 0.25) is 21.5 Å². The molecule has 0 bridgehead atoms. The number of aliphatic hydroxyl groups is 1. The predicted molar refractivity (Wildman–Crippen MR) is 118 cm³/mol. The second kappa shape index (κ2) is 8.10. The topological polar surface area (TPSA) is 124 Å². The highest BCUT2D eigenvalue weighted by atomic mass is 32.2. The summed E-state index contributed by atoms with van der Waals surface area (Å²) in [5.41, 5.74) is 1.51. The molecule has 0 radical (unpaired) electrons. The molecule has 2 aromatic heterocycles. The van der Waals surface area contributed by atoms with Gasteiger partial charge in [-0.1, -0.05) is 4.98 Å². The van der Waals surface area contributed by atoms with Crippen LogP contribution < -0.4 is 15.6 Å². The predicted octanol–water partition coefficient (Wildman–Crippen LogP) is 2.23. The van der Waals surface area contributed by atoms with Crippen LogP contribution in [0.5, 0.6) is 0 Å². The number of aromatic nitrogens is 3. The Bertz CT molecular complexity index is 1170. The lowest BCUT2D eigenvalue weighted by Gasteiger charge is -2.28. The molecule has 1 aromatic carbocycles. The molecule has 0 spiro atoms. The third kappa shape index (κ3) is 4.10. The normalized spacial score (nSPS) is 18.7. The summed E-state index contributed by atoms with van der Waals surface area (Å²) in [5, 5.41) is 17.4. The highest BCUT2D eigenvalue weighted by Crippen LogP contribution is 2.26. The van der Waals surface area contributed by atoms with Gasteiger partial charge in [0, 0.05) is 19.3 Å². The standard InChI is InChI=1S/C21H26N6O3S/c28-16-9-12-27(13-10-16)31(29,30)17-6-4-15(5-7-17)24-21-25-19-18(8-11-22-19)20(26-21)23-14-2-1-3-14/h4-8,11,14,16,28H,1-3,9-10,12-13H2,(H3,22,23,24,25,26)/p+1. The van der Waals surface area contributed by atoms with Crippen molar-refractivity contribution in [1.29, 1.82) is 0 Å². The van der Waals surface area contributed by atoms with Crippen molar-refractivity contribution in [3.8, 4) is 0 Å². The van der Waals surface area contributed by atoms with Gasteiger partial charge in [0.25, 0.3) is 0 Å². The monoisotopic (exact) mass is 443 g/mol. The molecule has 5 N–H and O–H groups in total. The van der Waals surface area contributed by atoms with Gasteiger partial charge in [0.05, 0.1) is 28.1 Å². The van der Waals surface area contributed by atoms with E-state index in [0.717, 1.165) is 35.4 Å². The van der Waals surface area contributed by atoms with Crippen LogP contribution >= 0.6 is 0 Å². The maximum absolute atomic E-state index is 12.9. The second-order valence-corrected chi connectivity index (χ2v) is 10.2. The highest BCUT2D eigenvalue weighted by molar-refractivity contribution is 7.89. The number of rotatable bonds is 6. The number of fused-ring (bicyclic) bond motifs is 1. The van der Waals surface area contributed by atoms with Gasteiger partial charge in [-0.25, -0.2) is 13.4 Å². The van der Waals surface area contributed by atoms with Crippen LogP contribution in [0, 0.1) is 0 Å². The first-order valence-corrected chi connectivity index (χ1v) is 12.2. The Hall–Kier alpha value is -2.69. The molecule has 2 aliphatic rings. The van der Waals surface area contributed by atoms with E-state index in [4.69, 9.17) is 0 Å². The fourth-order valence-corrected chi connectivity index (χ4v) is 5.46. The van der Waals surface area contributed by atoms with E-state index in [0.29, 0.717) is 37.9 Å². The van der Waals surface area contributed by atoms with E-state index in [1.165, 1.54) is 10.7 Å². The van der Waals surface area contributed by atoms with Crippen molar-refractivity contribution in [2.75, 3.05) is 23.7 Å². The summed E-state index contributed by atoms with van der Waals surface area (Å²) in [6.45, 7) is 0.685. The Balaban J connectivity index is 1.34. The fraction of sp³-hybridized carbons (Fsp3) is 0.429. The zero-order valence-corrected chi connectivity index (χ0v) is 18.0. The largest absolute Gasteiger partial charge is 0.393 e. The lowest BCUT2D eigenvalue weighted by Crippen LogP contribution is -2.39. The number of benzene rings is 1. The van der Waals surface area contributed by atoms with E-state index in [1.807, 2.05) is 12.3 Å². The summed E-state index contributed by atoms with van der Waals surface area (Å²) >= 11 is 0. The van der Waals surface area contributed by atoms with Gasteiger partial charge >= 0.3 is 5.95 Å². The number of anilines is 3. The van der Waals surface area contributed by atoms with E-state index in [-0.39, 0.29) is 4.90 Å². The third-order valence-electron chi connectivity index (χ3n) is 6.09. The van der Waals surface area contributed by atoms with Crippen LogP contribution in [-0.2, 0) is 10.0 Å². The molecule has 1 aliphatic carbocycles. The first-order valence-electron chi connectivity index (χ1n) is 10.7. The Morgan fingerprint density at radius 2 is 1.84 bits per heavy atom. The van der Waals surface area contributed by atoms with Crippen molar-refractivity contribution in [2.45, 2.75) is 49.1 Å². The number of nitrogens with zero attached hydrogens (tertiary/aromatic N) is 2. The Morgan fingerprint density at radius 1 is 1.10 bits per heavy atom. The maximum atomic E-state index is 12.9. The minimum Gasteiger partial charge on any atom is -0.393 e. The summed E-state index contributed by atoms with van der Waals surface area (Å²) in [7, 11) is -3.56. The maximum Gasteiger partial charge on any atom is 0.351 e. The molecule has 1 aliphatic heterocycles. The number of H-pyrrole nitrogens is 2.